The molecule has 2 heterocycles. The maximum absolute atomic E-state index is 12.1. The van der Waals surface area contributed by atoms with Crippen LogP contribution in [0.3, 0.4) is 0 Å². The fourth-order valence-corrected chi connectivity index (χ4v) is 2.84. The fourth-order valence-electron chi connectivity index (χ4n) is 2.84. The Balaban J connectivity index is 1.84. The molecule has 96 valence electrons. The molecule has 18 heavy (non-hydrogen) atoms. The Bertz CT molecular complexity index is 465. The molecule has 0 atom stereocenters. The third kappa shape index (κ3) is 1.86. The molecule has 1 aromatic rings. The van der Waals surface area contributed by atoms with Crippen molar-refractivity contribution < 1.29 is 14.4 Å². The van der Waals surface area contributed by atoms with Gasteiger partial charge in [-0.2, -0.15) is 0 Å². The van der Waals surface area contributed by atoms with Crippen LogP contribution in [0.1, 0.15) is 30.1 Å². The van der Waals surface area contributed by atoms with Crippen LogP contribution < -0.4 is 15.0 Å². The highest BCUT2D eigenvalue weighted by atomic mass is 16.5. The van der Waals surface area contributed by atoms with E-state index in [0.29, 0.717) is 5.56 Å². The lowest BCUT2D eigenvalue weighted by Crippen LogP contribution is -3.13. The number of para-hydroxylation sites is 1. The van der Waals surface area contributed by atoms with Crippen molar-refractivity contribution in [1.82, 2.24) is 5.32 Å². The van der Waals surface area contributed by atoms with Crippen molar-refractivity contribution in [3.05, 3.63) is 29.8 Å². The zero-order chi connectivity index (χ0) is 12.6. The summed E-state index contributed by atoms with van der Waals surface area (Å²) in [6, 6.07) is 7.47. The first-order chi connectivity index (χ1) is 8.72. The second-order valence-electron chi connectivity index (χ2n) is 5.15. The van der Waals surface area contributed by atoms with Crippen LogP contribution in [0.4, 0.5) is 0 Å². The van der Waals surface area contributed by atoms with E-state index in [9.17, 15) is 4.79 Å². The Kier molecular flexibility index (Phi) is 2.74. The quantitative estimate of drug-likeness (QED) is 0.744. The molecule has 4 nitrogen and oxygen atoms in total. The minimum Gasteiger partial charge on any atom is -0.467 e. The first kappa shape index (κ1) is 11.5. The lowest BCUT2D eigenvalue weighted by atomic mass is 9.97. The number of hydrogen-bond acceptors (Lipinski definition) is 2. The molecule has 0 aromatic heterocycles. The minimum absolute atomic E-state index is 0.00296. The SMILES string of the molecule is CC[NH+]1CCC2(CC1)NC(=O)c1ccccc1O2. The van der Waals surface area contributed by atoms with Crippen molar-refractivity contribution in [3.63, 3.8) is 0 Å². The first-order valence-electron chi connectivity index (χ1n) is 6.66. The molecule has 0 aliphatic carbocycles. The summed E-state index contributed by atoms with van der Waals surface area (Å²) in [5, 5.41) is 3.06. The monoisotopic (exact) mass is 247 g/mol. The highest BCUT2D eigenvalue weighted by Crippen LogP contribution is 2.31. The van der Waals surface area contributed by atoms with Crippen LogP contribution in [0.2, 0.25) is 0 Å². The number of carbonyl (C=O) groups is 1. The minimum atomic E-state index is -0.468. The molecule has 1 spiro atoms. The van der Waals surface area contributed by atoms with E-state index >= 15 is 0 Å². The molecule has 4 heteroatoms. The van der Waals surface area contributed by atoms with Crippen molar-refractivity contribution >= 4 is 5.91 Å². The Hall–Kier alpha value is -1.55. The Labute approximate surface area is 107 Å². The number of likely N-dealkylation sites (tertiary alicyclic amines) is 1. The lowest BCUT2D eigenvalue weighted by Gasteiger charge is -2.42. The molecule has 3 rings (SSSR count). The van der Waals surface area contributed by atoms with Crippen LogP contribution in [0.25, 0.3) is 0 Å². The van der Waals surface area contributed by atoms with Crippen LogP contribution in [-0.2, 0) is 0 Å². The van der Waals surface area contributed by atoms with Crippen LogP contribution in [0.15, 0.2) is 24.3 Å². The molecule has 1 saturated heterocycles. The predicted octanol–water partition coefficient (Wildman–Crippen LogP) is 0.204. The van der Waals surface area contributed by atoms with Gasteiger partial charge < -0.3 is 15.0 Å². The number of piperidine rings is 1. The second-order valence-corrected chi connectivity index (χ2v) is 5.15. The van der Waals surface area contributed by atoms with Gasteiger partial charge in [0.05, 0.1) is 38.0 Å². The number of rotatable bonds is 1. The standard InChI is InChI=1S/C14H18N2O2/c1-2-16-9-7-14(8-10-16)15-13(17)11-5-3-4-6-12(11)18-14/h3-6H,2,7-10H2,1H3,(H,15,17)/p+1. The average Bonchev–Trinajstić information content (AvgIpc) is 2.40. The van der Waals surface area contributed by atoms with E-state index < -0.39 is 5.72 Å². The molecular weight excluding hydrogens is 228 g/mol. The fraction of sp³-hybridized carbons (Fsp3) is 0.500. The second kappa shape index (κ2) is 4.28. The van der Waals surface area contributed by atoms with Gasteiger partial charge in [-0.3, -0.25) is 4.79 Å². The number of ether oxygens (including phenoxy) is 1. The highest BCUT2D eigenvalue weighted by molar-refractivity contribution is 5.98. The summed E-state index contributed by atoms with van der Waals surface area (Å²) in [4.78, 5) is 13.7. The van der Waals surface area contributed by atoms with Gasteiger partial charge in [0, 0.05) is 0 Å². The van der Waals surface area contributed by atoms with Crippen molar-refractivity contribution in [3.8, 4) is 5.75 Å². The van der Waals surface area contributed by atoms with Crippen molar-refractivity contribution in [2.75, 3.05) is 19.6 Å². The van der Waals surface area contributed by atoms with Crippen LogP contribution in [0, 0.1) is 0 Å². The van der Waals surface area contributed by atoms with Gasteiger partial charge in [0.15, 0.2) is 5.72 Å². The molecule has 1 fully saturated rings. The topological polar surface area (TPSA) is 42.8 Å². The van der Waals surface area contributed by atoms with E-state index in [2.05, 4.69) is 12.2 Å². The summed E-state index contributed by atoms with van der Waals surface area (Å²) in [5.41, 5.74) is 0.179. The molecule has 0 unspecified atom stereocenters. The van der Waals surface area contributed by atoms with Gasteiger partial charge in [0.25, 0.3) is 5.91 Å². The predicted molar refractivity (Wildman–Crippen MR) is 67.7 cm³/mol. The Morgan fingerprint density at radius 1 is 1.33 bits per heavy atom. The number of hydrogen-bond donors (Lipinski definition) is 2. The van der Waals surface area contributed by atoms with Crippen LogP contribution in [0.5, 0.6) is 5.75 Å². The number of benzene rings is 1. The average molecular weight is 247 g/mol. The molecule has 1 amide bonds. The maximum Gasteiger partial charge on any atom is 0.258 e. The van der Waals surface area contributed by atoms with E-state index in [0.717, 1.165) is 38.2 Å². The number of quaternary nitrogens is 1. The summed E-state index contributed by atoms with van der Waals surface area (Å²) in [6.45, 7) is 5.45. The lowest BCUT2D eigenvalue weighted by molar-refractivity contribution is -0.905. The summed E-state index contributed by atoms with van der Waals surface area (Å²) in [5.74, 6) is 0.720. The Morgan fingerprint density at radius 3 is 2.78 bits per heavy atom. The third-order valence-electron chi connectivity index (χ3n) is 4.04. The first-order valence-corrected chi connectivity index (χ1v) is 6.66. The van der Waals surface area contributed by atoms with E-state index in [1.165, 1.54) is 0 Å². The zero-order valence-electron chi connectivity index (χ0n) is 10.7. The molecule has 1 aromatic carbocycles. The van der Waals surface area contributed by atoms with E-state index in [4.69, 9.17) is 4.74 Å². The number of amides is 1. The van der Waals surface area contributed by atoms with Gasteiger partial charge in [0.2, 0.25) is 0 Å². The summed E-state index contributed by atoms with van der Waals surface area (Å²) in [7, 11) is 0. The number of nitrogens with one attached hydrogen (secondary N) is 2. The number of carbonyl (C=O) groups excluding carboxylic acids is 1. The smallest absolute Gasteiger partial charge is 0.258 e. The zero-order valence-corrected chi connectivity index (χ0v) is 10.7. The normalized spacial score (nSPS) is 30.5. The van der Waals surface area contributed by atoms with Gasteiger partial charge in [-0.1, -0.05) is 12.1 Å². The van der Waals surface area contributed by atoms with E-state index in [1.807, 2.05) is 24.3 Å². The van der Waals surface area contributed by atoms with Crippen molar-refractivity contribution in [2.24, 2.45) is 0 Å². The maximum atomic E-state index is 12.1. The van der Waals surface area contributed by atoms with Crippen LogP contribution in [-0.4, -0.2) is 31.3 Å². The summed E-state index contributed by atoms with van der Waals surface area (Å²) >= 11 is 0. The van der Waals surface area contributed by atoms with E-state index in [1.54, 1.807) is 4.90 Å². The molecule has 0 radical (unpaired) electrons. The van der Waals surface area contributed by atoms with Gasteiger partial charge in [-0.15, -0.1) is 0 Å². The van der Waals surface area contributed by atoms with Gasteiger partial charge >= 0.3 is 0 Å². The Morgan fingerprint density at radius 2 is 2.06 bits per heavy atom. The highest BCUT2D eigenvalue weighted by Gasteiger charge is 2.43. The molecule has 0 bridgehead atoms. The largest absolute Gasteiger partial charge is 0.467 e. The van der Waals surface area contributed by atoms with Gasteiger partial charge in [-0.25, -0.2) is 0 Å². The molecule has 0 saturated carbocycles. The van der Waals surface area contributed by atoms with Crippen molar-refractivity contribution in [1.29, 1.82) is 0 Å². The molecule has 2 aliphatic rings. The van der Waals surface area contributed by atoms with E-state index in [-0.39, 0.29) is 5.91 Å². The van der Waals surface area contributed by atoms with Gasteiger partial charge in [0.1, 0.15) is 5.75 Å². The number of fused-ring (bicyclic) bond motifs is 1. The summed E-state index contributed by atoms with van der Waals surface area (Å²) in [6.07, 6.45) is 1.77. The van der Waals surface area contributed by atoms with Crippen LogP contribution >= 0.6 is 0 Å². The van der Waals surface area contributed by atoms with Gasteiger partial charge in [-0.05, 0) is 19.1 Å². The summed E-state index contributed by atoms with van der Waals surface area (Å²) < 4.78 is 6.08. The van der Waals surface area contributed by atoms with Crippen molar-refractivity contribution in [2.45, 2.75) is 25.5 Å². The molecule has 2 N–H and O–H groups in total. The third-order valence-corrected chi connectivity index (χ3v) is 4.04. The molecule has 2 aliphatic heterocycles. The molecular formula is C14H19N2O2+.